The van der Waals surface area contributed by atoms with Crippen molar-refractivity contribution in [3.05, 3.63) is 35.1 Å². The van der Waals surface area contributed by atoms with Gasteiger partial charge in [0.05, 0.1) is 27.6 Å². The van der Waals surface area contributed by atoms with E-state index in [-0.39, 0.29) is 27.8 Å². The fraction of sp³-hybridized carbons (Fsp3) is 0.421. The maximum atomic E-state index is 12.7. The molecule has 1 saturated carbocycles. The quantitative estimate of drug-likeness (QED) is 0.481. The highest BCUT2D eigenvalue weighted by Crippen LogP contribution is 2.31. The number of nitrogens with one attached hydrogen (secondary N) is 1. The van der Waals surface area contributed by atoms with Crippen LogP contribution >= 0.6 is 11.6 Å². The molecule has 1 aliphatic carbocycles. The minimum Gasteiger partial charge on any atom is -0.397 e. The van der Waals surface area contributed by atoms with E-state index >= 15 is 0 Å². The fourth-order valence-corrected chi connectivity index (χ4v) is 4.15. The topological polar surface area (TPSA) is 135 Å². The van der Waals surface area contributed by atoms with E-state index in [0.717, 1.165) is 31.8 Å². The summed E-state index contributed by atoms with van der Waals surface area (Å²) in [5.41, 5.74) is 6.06. The van der Waals surface area contributed by atoms with Crippen molar-refractivity contribution in [2.45, 2.75) is 42.7 Å². The smallest absolute Gasteiger partial charge is 0.252 e. The molecule has 29 heavy (non-hydrogen) atoms. The van der Waals surface area contributed by atoms with Crippen LogP contribution in [0.1, 0.15) is 42.5 Å². The fourth-order valence-electron chi connectivity index (χ4n) is 3.39. The molecule has 0 bridgehead atoms. The zero-order valence-corrected chi connectivity index (χ0v) is 17.6. The number of aliphatic hydroxyl groups is 1. The van der Waals surface area contributed by atoms with E-state index in [1.807, 2.05) is 0 Å². The van der Waals surface area contributed by atoms with E-state index in [0.29, 0.717) is 24.1 Å². The normalized spacial score (nSPS) is 16.4. The van der Waals surface area contributed by atoms with Crippen molar-refractivity contribution in [3.8, 4) is 11.3 Å². The van der Waals surface area contributed by atoms with Crippen LogP contribution in [0.5, 0.6) is 0 Å². The lowest BCUT2D eigenvalue weighted by molar-refractivity contribution is 0.00526. The summed E-state index contributed by atoms with van der Waals surface area (Å²) in [6.45, 7) is 0.123. The largest absolute Gasteiger partial charge is 0.397 e. The molecule has 1 aromatic heterocycles. The lowest BCUT2D eigenvalue weighted by Crippen LogP contribution is -2.44. The van der Waals surface area contributed by atoms with Gasteiger partial charge in [-0.2, -0.15) is 0 Å². The Labute approximate surface area is 174 Å². The van der Waals surface area contributed by atoms with Gasteiger partial charge in [-0.25, -0.2) is 18.4 Å². The molecule has 1 amide bonds. The van der Waals surface area contributed by atoms with Crippen LogP contribution in [-0.4, -0.2) is 47.8 Å². The summed E-state index contributed by atoms with van der Waals surface area (Å²) >= 11 is 6.23. The van der Waals surface area contributed by atoms with Crippen LogP contribution in [-0.2, 0) is 9.84 Å². The Morgan fingerprint density at radius 3 is 2.59 bits per heavy atom. The zero-order chi connectivity index (χ0) is 21.2. The van der Waals surface area contributed by atoms with Crippen molar-refractivity contribution in [1.82, 2.24) is 15.3 Å². The first-order chi connectivity index (χ1) is 13.6. The number of nitrogen functional groups attached to an aromatic ring is 1. The second kappa shape index (κ2) is 8.25. The van der Waals surface area contributed by atoms with Crippen LogP contribution in [0.2, 0.25) is 5.02 Å². The van der Waals surface area contributed by atoms with Crippen LogP contribution < -0.4 is 11.1 Å². The first-order valence-electron chi connectivity index (χ1n) is 9.21. The van der Waals surface area contributed by atoms with Gasteiger partial charge in [-0.05, 0) is 25.0 Å². The molecule has 156 valence electrons. The summed E-state index contributed by atoms with van der Waals surface area (Å²) in [6, 6.07) is 4.32. The number of aromatic nitrogens is 2. The second-order valence-electron chi connectivity index (χ2n) is 7.41. The number of nitrogens with two attached hydrogens (primary N) is 1. The molecule has 2 aromatic rings. The Morgan fingerprint density at radius 1 is 1.24 bits per heavy atom. The summed E-state index contributed by atoms with van der Waals surface area (Å²) in [5, 5.41) is 13.3. The molecule has 1 aliphatic rings. The van der Waals surface area contributed by atoms with Crippen LogP contribution in [0.4, 0.5) is 5.69 Å². The third-order valence-corrected chi connectivity index (χ3v) is 6.43. The van der Waals surface area contributed by atoms with Gasteiger partial charge in [0.1, 0.15) is 6.33 Å². The predicted octanol–water partition coefficient (Wildman–Crippen LogP) is 2.21. The molecule has 0 spiro atoms. The van der Waals surface area contributed by atoms with Crippen molar-refractivity contribution in [1.29, 1.82) is 0 Å². The number of amides is 1. The number of rotatable bonds is 5. The van der Waals surface area contributed by atoms with Gasteiger partial charge in [-0.15, -0.1) is 0 Å². The summed E-state index contributed by atoms with van der Waals surface area (Å²) < 4.78 is 23.5. The van der Waals surface area contributed by atoms with Gasteiger partial charge in [0.2, 0.25) is 0 Å². The number of halogens is 1. The predicted molar refractivity (Wildman–Crippen MR) is 110 cm³/mol. The molecule has 1 aromatic carbocycles. The maximum absolute atomic E-state index is 12.7. The SMILES string of the molecule is CS(=O)(=O)c1cc(-c2cc(N)c(Cl)c(C(=O)NCC3(O)CCCCC3)c2)ncn1. The first-order valence-corrected chi connectivity index (χ1v) is 11.5. The molecule has 4 N–H and O–H groups in total. The highest BCUT2D eigenvalue weighted by atomic mass is 35.5. The summed E-state index contributed by atoms with van der Waals surface area (Å²) in [7, 11) is -3.52. The molecule has 8 nitrogen and oxygen atoms in total. The van der Waals surface area contributed by atoms with E-state index < -0.39 is 21.3 Å². The molecule has 1 fully saturated rings. The number of benzene rings is 1. The maximum Gasteiger partial charge on any atom is 0.252 e. The van der Waals surface area contributed by atoms with Crippen LogP contribution in [0.15, 0.2) is 29.6 Å². The number of sulfone groups is 1. The molecule has 0 unspecified atom stereocenters. The summed E-state index contributed by atoms with van der Waals surface area (Å²) in [6.07, 6.45) is 6.38. The van der Waals surface area contributed by atoms with E-state index in [9.17, 15) is 18.3 Å². The lowest BCUT2D eigenvalue weighted by atomic mass is 9.85. The highest BCUT2D eigenvalue weighted by Gasteiger charge is 2.30. The molecule has 3 rings (SSSR count). The standard InChI is InChI=1S/C19H23ClN4O4S/c1-29(27,28)16-9-15(23-11-24-16)12-7-13(17(20)14(21)8-12)18(25)22-10-19(26)5-3-2-4-6-19/h7-9,11,26H,2-6,10,21H2,1H3,(H,22,25). The first kappa shape index (κ1) is 21.5. The number of nitrogens with zero attached hydrogens (tertiary/aromatic N) is 2. The molecule has 0 saturated heterocycles. The molecular formula is C19H23ClN4O4S. The van der Waals surface area contributed by atoms with Gasteiger partial charge >= 0.3 is 0 Å². The molecule has 0 radical (unpaired) electrons. The van der Waals surface area contributed by atoms with Gasteiger partial charge in [0.25, 0.3) is 5.91 Å². The zero-order valence-electron chi connectivity index (χ0n) is 16.0. The number of hydrogen-bond donors (Lipinski definition) is 3. The summed E-state index contributed by atoms with van der Waals surface area (Å²) in [4.78, 5) is 20.6. The molecular weight excluding hydrogens is 416 g/mol. The molecule has 10 heteroatoms. The van der Waals surface area contributed by atoms with Gasteiger partial charge in [-0.1, -0.05) is 30.9 Å². The van der Waals surface area contributed by atoms with Crippen molar-refractivity contribution in [3.63, 3.8) is 0 Å². The Hall–Kier alpha value is -2.23. The minimum atomic E-state index is -3.52. The van der Waals surface area contributed by atoms with E-state index in [2.05, 4.69) is 15.3 Å². The molecule has 0 aliphatic heterocycles. The Morgan fingerprint density at radius 2 is 1.93 bits per heavy atom. The summed E-state index contributed by atoms with van der Waals surface area (Å²) in [5.74, 6) is -0.472. The molecule has 0 atom stereocenters. The van der Waals surface area contributed by atoms with Gasteiger partial charge in [-0.3, -0.25) is 4.79 Å². The monoisotopic (exact) mass is 438 g/mol. The van der Waals surface area contributed by atoms with Crippen LogP contribution in [0.25, 0.3) is 11.3 Å². The van der Waals surface area contributed by atoms with Crippen molar-refractivity contribution in [2.75, 3.05) is 18.5 Å². The van der Waals surface area contributed by atoms with E-state index in [1.165, 1.54) is 18.2 Å². The van der Waals surface area contributed by atoms with Gasteiger partial charge < -0.3 is 16.2 Å². The number of hydrogen-bond acceptors (Lipinski definition) is 7. The second-order valence-corrected chi connectivity index (χ2v) is 9.75. The Kier molecular flexibility index (Phi) is 6.11. The Balaban J connectivity index is 1.89. The average molecular weight is 439 g/mol. The molecule has 1 heterocycles. The third-order valence-electron chi connectivity index (χ3n) is 5.03. The highest BCUT2D eigenvalue weighted by molar-refractivity contribution is 7.90. The van der Waals surface area contributed by atoms with Gasteiger partial charge in [0, 0.05) is 24.4 Å². The van der Waals surface area contributed by atoms with Crippen LogP contribution in [0.3, 0.4) is 0 Å². The van der Waals surface area contributed by atoms with Gasteiger partial charge in [0.15, 0.2) is 14.9 Å². The number of anilines is 1. The number of carbonyl (C=O) groups excluding carboxylic acids is 1. The van der Waals surface area contributed by atoms with E-state index in [1.54, 1.807) is 0 Å². The van der Waals surface area contributed by atoms with Crippen LogP contribution in [0, 0.1) is 0 Å². The average Bonchev–Trinajstić information content (AvgIpc) is 2.68. The van der Waals surface area contributed by atoms with Crippen molar-refractivity contribution in [2.24, 2.45) is 0 Å². The van der Waals surface area contributed by atoms with Crippen molar-refractivity contribution >= 4 is 33.0 Å². The van der Waals surface area contributed by atoms with Crippen molar-refractivity contribution < 1.29 is 18.3 Å². The minimum absolute atomic E-state index is 0.0827. The number of carbonyl (C=O) groups is 1. The lowest BCUT2D eigenvalue weighted by Gasteiger charge is -2.32. The Bertz CT molecular complexity index is 1040. The van der Waals surface area contributed by atoms with E-state index in [4.69, 9.17) is 17.3 Å². The third kappa shape index (κ3) is 5.04.